The molecule has 1 N–H and O–H groups in total. The third-order valence-electron chi connectivity index (χ3n) is 2.31. The standard InChI is InChI=1S/C12H15NO3/c1-15-8-12(14)11(7-13)9-4-3-5-10(6-9)16-2/h3-6,11-12,14H,8H2,1-2H3. The lowest BCUT2D eigenvalue weighted by molar-refractivity contribution is 0.0571. The Hall–Kier alpha value is -1.57. The van der Waals surface area contributed by atoms with Crippen LogP contribution >= 0.6 is 0 Å². The third kappa shape index (κ3) is 2.96. The summed E-state index contributed by atoms with van der Waals surface area (Å²) in [6.07, 6.45) is -0.831. The van der Waals surface area contributed by atoms with Gasteiger partial charge in [0.1, 0.15) is 5.75 Å². The molecule has 4 heteroatoms. The molecule has 2 atom stereocenters. The molecule has 0 aliphatic carbocycles. The maximum absolute atomic E-state index is 9.74. The van der Waals surface area contributed by atoms with Gasteiger partial charge < -0.3 is 14.6 Å². The number of hydrogen-bond acceptors (Lipinski definition) is 4. The Balaban J connectivity index is 2.91. The van der Waals surface area contributed by atoms with Crippen molar-refractivity contribution < 1.29 is 14.6 Å². The number of aliphatic hydroxyl groups is 1. The second kappa shape index (κ2) is 6.11. The fraction of sp³-hybridized carbons (Fsp3) is 0.417. The summed E-state index contributed by atoms with van der Waals surface area (Å²) in [5.74, 6) is 0.0671. The van der Waals surface area contributed by atoms with E-state index in [-0.39, 0.29) is 6.61 Å². The molecule has 4 nitrogen and oxygen atoms in total. The quantitative estimate of drug-likeness (QED) is 0.814. The lowest BCUT2D eigenvalue weighted by Gasteiger charge is -2.16. The maximum atomic E-state index is 9.74. The Kier molecular flexibility index (Phi) is 4.77. The summed E-state index contributed by atoms with van der Waals surface area (Å²) in [4.78, 5) is 0. The molecular weight excluding hydrogens is 206 g/mol. The van der Waals surface area contributed by atoms with Crippen molar-refractivity contribution in [1.29, 1.82) is 5.26 Å². The molecule has 0 amide bonds. The zero-order valence-electron chi connectivity index (χ0n) is 9.38. The first-order valence-corrected chi connectivity index (χ1v) is 4.93. The van der Waals surface area contributed by atoms with E-state index in [2.05, 4.69) is 6.07 Å². The summed E-state index contributed by atoms with van der Waals surface area (Å²) in [7, 11) is 3.05. The first kappa shape index (κ1) is 12.5. The summed E-state index contributed by atoms with van der Waals surface area (Å²) < 4.78 is 9.90. The van der Waals surface area contributed by atoms with Crippen LogP contribution in [0, 0.1) is 11.3 Å². The highest BCUT2D eigenvalue weighted by atomic mass is 16.5. The van der Waals surface area contributed by atoms with E-state index in [1.165, 1.54) is 7.11 Å². The molecule has 0 radical (unpaired) electrons. The highest BCUT2D eigenvalue weighted by molar-refractivity contribution is 5.34. The topological polar surface area (TPSA) is 62.5 Å². The number of benzene rings is 1. The smallest absolute Gasteiger partial charge is 0.119 e. The van der Waals surface area contributed by atoms with E-state index in [4.69, 9.17) is 14.7 Å². The van der Waals surface area contributed by atoms with Gasteiger partial charge >= 0.3 is 0 Å². The fourth-order valence-electron chi connectivity index (χ4n) is 1.48. The van der Waals surface area contributed by atoms with Gasteiger partial charge in [0.05, 0.1) is 31.8 Å². The maximum Gasteiger partial charge on any atom is 0.119 e. The molecule has 86 valence electrons. The zero-order valence-corrected chi connectivity index (χ0v) is 9.38. The molecule has 2 unspecified atom stereocenters. The van der Waals surface area contributed by atoms with Crippen molar-refractivity contribution in [3.8, 4) is 11.8 Å². The molecular formula is C12H15NO3. The van der Waals surface area contributed by atoms with Crippen molar-refractivity contribution >= 4 is 0 Å². The van der Waals surface area contributed by atoms with Crippen LogP contribution < -0.4 is 4.74 Å². The monoisotopic (exact) mass is 221 g/mol. The molecule has 0 fully saturated rings. The summed E-state index contributed by atoms with van der Waals surface area (Å²) in [6, 6.07) is 9.18. The second-order valence-corrected chi connectivity index (χ2v) is 3.41. The molecule has 0 saturated carbocycles. The highest BCUT2D eigenvalue weighted by Gasteiger charge is 2.20. The minimum absolute atomic E-state index is 0.134. The highest BCUT2D eigenvalue weighted by Crippen LogP contribution is 2.23. The van der Waals surface area contributed by atoms with Crippen molar-refractivity contribution in [2.75, 3.05) is 20.8 Å². The summed E-state index contributed by atoms with van der Waals surface area (Å²) in [5.41, 5.74) is 0.728. The Morgan fingerprint density at radius 1 is 1.44 bits per heavy atom. The van der Waals surface area contributed by atoms with Crippen molar-refractivity contribution in [3.05, 3.63) is 29.8 Å². The molecule has 0 heterocycles. The average Bonchev–Trinajstić information content (AvgIpc) is 2.31. The van der Waals surface area contributed by atoms with Gasteiger partial charge in [-0.1, -0.05) is 12.1 Å². The minimum Gasteiger partial charge on any atom is -0.497 e. The van der Waals surface area contributed by atoms with Gasteiger partial charge in [0.2, 0.25) is 0 Å². The Labute approximate surface area is 95.0 Å². The van der Waals surface area contributed by atoms with E-state index in [0.29, 0.717) is 5.75 Å². The Bertz CT molecular complexity index is 373. The number of rotatable bonds is 5. The predicted octanol–water partition coefficient (Wildman–Crippen LogP) is 1.31. The van der Waals surface area contributed by atoms with Gasteiger partial charge in [-0.2, -0.15) is 5.26 Å². The van der Waals surface area contributed by atoms with Crippen LogP contribution in [0.15, 0.2) is 24.3 Å². The normalized spacial score (nSPS) is 13.9. The predicted molar refractivity (Wildman–Crippen MR) is 59.2 cm³/mol. The van der Waals surface area contributed by atoms with E-state index in [1.54, 1.807) is 31.4 Å². The summed E-state index contributed by atoms with van der Waals surface area (Å²) in [5, 5.41) is 18.8. The number of nitrogens with zero attached hydrogens (tertiary/aromatic N) is 1. The minimum atomic E-state index is -0.831. The molecule has 1 aromatic rings. The van der Waals surface area contributed by atoms with E-state index >= 15 is 0 Å². The van der Waals surface area contributed by atoms with Gasteiger partial charge in [0.25, 0.3) is 0 Å². The molecule has 1 rings (SSSR count). The average molecular weight is 221 g/mol. The second-order valence-electron chi connectivity index (χ2n) is 3.41. The molecule has 0 aliphatic heterocycles. The van der Waals surface area contributed by atoms with Gasteiger partial charge in [-0.05, 0) is 17.7 Å². The first-order valence-electron chi connectivity index (χ1n) is 4.93. The van der Waals surface area contributed by atoms with Crippen LogP contribution in [0.2, 0.25) is 0 Å². The van der Waals surface area contributed by atoms with E-state index in [9.17, 15) is 5.11 Å². The van der Waals surface area contributed by atoms with Crippen LogP contribution in [0.1, 0.15) is 11.5 Å². The fourth-order valence-corrected chi connectivity index (χ4v) is 1.48. The third-order valence-corrected chi connectivity index (χ3v) is 2.31. The van der Waals surface area contributed by atoms with Crippen LogP contribution in [0.4, 0.5) is 0 Å². The molecule has 0 saturated heterocycles. The van der Waals surface area contributed by atoms with Crippen LogP contribution in [0.3, 0.4) is 0 Å². The largest absolute Gasteiger partial charge is 0.497 e. The lowest BCUT2D eigenvalue weighted by Crippen LogP contribution is -2.22. The first-order chi connectivity index (χ1) is 7.72. The zero-order chi connectivity index (χ0) is 12.0. The van der Waals surface area contributed by atoms with Crippen LogP contribution in [0.25, 0.3) is 0 Å². The number of aliphatic hydroxyl groups excluding tert-OH is 1. The molecule has 16 heavy (non-hydrogen) atoms. The molecule has 1 aromatic carbocycles. The van der Waals surface area contributed by atoms with Crippen LogP contribution in [-0.2, 0) is 4.74 Å². The molecule has 0 spiro atoms. The Morgan fingerprint density at radius 3 is 2.75 bits per heavy atom. The van der Waals surface area contributed by atoms with E-state index < -0.39 is 12.0 Å². The Morgan fingerprint density at radius 2 is 2.19 bits per heavy atom. The van der Waals surface area contributed by atoms with Gasteiger partial charge in [-0.25, -0.2) is 0 Å². The van der Waals surface area contributed by atoms with Crippen molar-refractivity contribution in [2.24, 2.45) is 0 Å². The van der Waals surface area contributed by atoms with Crippen molar-refractivity contribution in [2.45, 2.75) is 12.0 Å². The van der Waals surface area contributed by atoms with E-state index in [1.807, 2.05) is 0 Å². The van der Waals surface area contributed by atoms with Crippen LogP contribution in [-0.4, -0.2) is 32.0 Å². The van der Waals surface area contributed by atoms with Gasteiger partial charge in [0.15, 0.2) is 0 Å². The molecule has 0 bridgehead atoms. The lowest BCUT2D eigenvalue weighted by atomic mass is 9.95. The van der Waals surface area contributed by atoms with Crippen molar-refractivity contribution in [3.63, 3.8) is 0 Å². The van der Waals surface area contributed by atoms with Gasteiger partial charge in [-0.15, -0.1) is 0 Å². The molecule has 0 aliphatic rings. The van der Waals surface area contributed by atoms with Gasteiger partial charge in [-0.3, -0.25) is 0 Å². The number of nitriles is 1. The number of methoxy groups -OCH3 is 2. The van der Waals surface area contributed by atoms with Crippen LogP contribution in [0.5, 0.6) is 5.75 Å². The number of hydrogen-bond donors (Lipinski definition) is 1. The number of ether oxygens (including phenoxy) is 2. The van der Waals surface area contributed by atoms with E-state index in [0.717, 1.165) is 5.56 Å². The SMILES string of the molecule is COCC(O)C(C#N)c1cccc(OC)c1. The van der Waals surface area contributed by atoms with Gasteiger partial charge in [0, 0.05) is 7.11 Å². The summed E-state index contributed by atoms with van der Waals surface area (Å²) in [6.45, 7) is 0.134. The van der Waals surface area contributed by atoms with Crippen molar-refractivity contribution in [1.82, 2.24) is 0 Å². The molecule has 0 aromatic heterocycles. The summed E-state index contributed by atoms with van der Waals surface area (Å²) >= 11 is 0.